The molecule has 0 aliphatic heterocycles. The SMILES string of the molecule is CCOC(=O)Cc1csc(NN=Cc2ccccc2-c2cccc(C#N)c2)n1. The molecule has 6 nitrogen and oxygen atoms in total. The van der Waals surface area contributed by atoms with E-state index in [1.807, 2.05) is 42.5 Å². The van der Waals surface area contributed by atoms with Gasteiger partial charge in [-0.15, -0.1) is 11.3 Å². The molecule has 0 saturated heterocycles. The topological polar surface area (TPSA) is 87.4 Å². The van der Waals surface area contributed by atoms with E-state index in [9.17, 15) is 4.79 Å². The normalized spacial score (nSPS) is 10.6. The van der Waals surface area contributed by atoms with Crippen LogP contribution >= 0.6 is 11.3 Å². The zero-order valence-corrected chi connectivity index (χ0v) is 16.1. The van der Waals surface area contributed by atoms with E-state index in [0.717, 1.165) is 16.7 Å². The van der Waals surface area contributed by atoms with Crippen LogP contribution in [-0.2, 0) is 16.0 Å². The molecule has 0 spiro atoms. The maximum atomic E-state index is 11.5. The van der Waals surface area contributed by atoms with Crippen molar-refractivity contribution in [3.05, 3.63) is 70.7 Å². The first-order valence-electron chi connectivity index (χ1n) is 8.68. The van der Waals surface area contributed by atoms with Gasteiger partial charge in [0.1, 0.15) is 0 Å². The number of carbonyl (C=O) groups excluding carboxylic acids is 1. The second-order valence-electron chi connectivity index (χ2n) is 5.78. The third kappa shape index (κ3) is 5.02. The predicted octanol–water partition coefficient (Wildman–Crippen LogP) is 4.23. The van der Waals surface area contributed by atoms with E-state index in [0.29, 0.717) is 23.0 Å². The van der Waals surface area contributed by atoms with Gasteiger partial charge in [0, 0.05) is 10.9 Å². The monoisotopic (exact) mass is 390 g/mol. The number of nitrogens with zero attached hydrogens (tertiary/aromatic N) is 3. The number of benzene rings is 2. The molecule has 0 aliphatic rings. The molecule has 0 fully saturated rings. The smallest absolute Gasteiger partial charge is 0.311 e. The second-order valence-corrected chi connectivity index (χ2v) is 6.63. The van der Waals surface area contributed by atoms with E-state index in [2.05, 4.69) is 21.6 Å². The Bertz CT molecular complexity index is 1040. The van der Waals surface area contributed by atoms with Crippen LogP contribution in [0.15, 0.2) is 59.0 Å². The van der Waals surface area contributed by atoms with Crippen molar-refractivity contribution in [1.29, 1.82) is 5.26 Å². The highest BCUT2D eigenvalue weighted by Crippen LogP contribution is 2.23. The third-order valence-corrected chi connectivity index (χ3v) is 4.61. The van der Waals surface area contributed by atoms with Crippen molar-refractivity contribution in [2.75, 3.05) is 12.0 Å². The van der Waals surface area contributed by atoms with Gasteiger partial charge in [0.15, 0.2) is 0 Å². The summed E-state index contributed by atoms with van der Waals surface area (Å²) in [5.74, 6) is -0.295. The Morgan fingerprint density at radius 1 is 1.32 bits per heavy atom. The number of thiazole rings is 1. The van der Waals surface area contributed by atoms with Crippen molar-refractivity contribution in [3.63, 3.8) is 0 Å². The Labute approximate surface area is 167 Å². The number of hydrogen-bond donors (Lipinski definition) is 1. The first kappa shape index (κ1) is 19.3. The summed E-state index contributed by atoms with van der Waals surface area (Å²) in [7, 11) is 0. The van der Waals surface area contributed by atoms with E-state index in [1.54, 1.807) is 24.6 Å². The predicted molar refractivity (Wildman–Crippen MR) is 110 cm³/mol. The van der Waals surface area contributed by atoms with Crippen molar-refractivity contribution in [3.8, 4) is 17.2 Å². The number of carbonyl (C=O) groups is 1. The molecule has 2 aromatic carbocycles. The van der Waals surface area contributed by atoms with Gasteiger partial charge in [-0.1, -0.05) is 36.4 Å². The van der Waals surface area contributed by atoms with Crippen molar-refractivity contribution in [2.45, 2.75) is 13.3 Å². The van der Waals surface area contributed by atoms with Crippen LogP contribution in [0.2, 0.25) is 0 Å². The minimum absolute atomic E-state index is 0.147. The van der Waals surface area contributed by atoms with Gasteiger partial charge < -0.3 is 4.74 Å². The molecule has 3 aromatic rings. The van der Waals surface area contributed by atoms with Gasteiger partial charge >= 0.3 is 5.97 Å². The van der Waals surface area contributed by atoms with Gasteiger partial charge in [0.25, 0.3) is 0 Å². The summed E-state index contributed by atoms with van der Waals surface area (Å²) in [6.07, 6.45) is 1.86. The van der Waals surface area contributed by atoms with Crippen LogP contribution in [0.1, 0.15) is 23.7 Å². The minimum Gasteiger partial charge on any atom is -0.466 e. The van der Waals surface area contributed by atoms with E-state index in [-0.39, 0.29) is 12.4 Å². The molecule has 0 amide bonds. The number of hydrazone groups is 1. The Hall–Kier alpha value is -3.50. The molecule has 1 N–H and O–H groups in total. The lowest BCUT2D eigenvalue weighted by Gasteiger charge is -2.06. The maximum Gasteiger partial charge on any atom is 0.311 e. The van der Waals surface area contributed by atoms with Crippen LogP contribution in [0.5, 0.6) is 0 Å². The van der Waals surface area contributed by atoms with Gasteiger partial charge in [-0.25, -0.2) is 4.98 Å². The first-order chi connectivity index (χ1) is 13.7. The van der Waals surface area contributed by atoms with Crippen LogP contribution in [0.25, 0.3) is 11.1 Å². The van der Waals surface area contributed by atoms with Crippen LogP contribution in [0, 0.1) is 11.3 Å². The number of nitriles is 1. The molecule has 0 aliphatic carbocycles. The van der Waals surface area contributed by atoms with Gasteiger partial charge in [-0.3, -0.25) is 10.2 Å². The molecule has 0 unspecified atom stereocenters. The highest BCUT2D eigenvalue weighted by molar-refractivity contribution is 7.13. The number of ether oxygens (including phenoxy) is 1. The Morgan fingerprint density at radius 2 is 2.18 bits per heavy atom. The summed E-state index contributed by atoms with van der Waals surface area (Å²) in [5, 5.41) is 15.8. The van der Waals surface area contributed by atoms with E-state index >= 15 is 0 Å². The van der Waals surface area contributed by atoms with Gasteiger partial charge in [0.2, 0.25) is 5.13 Å². The quantitative estimate of drug-likeness (QED) is 0.370. The molecular weight excluding hydrogens is 372 g/mol. The summed E-state index contributed by atoms with van der Waals surface area (Å²) in [5.41, 5.74) is 6.99. The lowest BCUT2D eigenvalue weighted by Crippen LogP contribution is -2.07. The lowest BCUT2D eigenvalue weighted by molar-refractivity contribution is -0.142. The molecule has 1 aromatic heterocycles. The van der Waals surface area contributed by atoms with Crippen molar-refractivity contribution in [1.82, 2.24) is 4.98 Å². The van der Waals surface area contributed by atoms with Crippen molar-refractivity contribution in [2.24, 2.45) is 5.10 Å². The van der Waals surface area contributed by atoms with E-state index in [1.165, 1.54) is 11.3 Å². The minimum atomic E-state index is -0.295. The molecule has 28 heavy (non-hydrogen) atoms. The summed E-state index contributed by atoms with van der Waals surface area (Å²) < 4.78 is 4.92. The fraction of sp³-hybridized carbons (Fsp3) is 0.143. The highest BCUT2D eigenvalue weighted by atomic mass is 32.1. The van der Waals surface area contributed by atoms with Crippen LogP contribution in [0.3, 0.4) is 0 Å². The number of hydrogen-bond acceptors (Lipinski definition) is 7. The fourth-order valence-corrected chi connectivity index (χ4v) is 3.24. The number of rotatable bonds is 7. The standard InChI is InChI=1S/C21H18N4O2S/c1-2-27-20(26)11-18-14-28-21(24-18)25-23-13-17-7-3-4-9-19(17)16-8-5-6-15(10-16)12-22/h3-10,13-14H,2,11H2,1H3,(H,24,25). The highest BCUT2D eigenvalue weighted by Gasteiger charge is 2.08. The average Bonchev–Trinajstić information content (AvgIpc) is 3.15. The molecule has 0 bridgehead atoms. The molecule has 0 saturated carbocycles. The molecule has 1 heterocycles. The van der Waals surface area contributed by atoms with Crippen molar-refractivity contribution >= 4 is 28.7 Å². The molecular formula is C21H18N4O2S. The summed E-state index contributed by atoms with van der Waals surface area (Å²) in [6, 6.07) is 17.4. The number of esters is 1. The van der Waals surface area contributed by atoms with Crippen LogP contribution < -0.4 is 5.43 Å². The Balaban J connectivity index is 1.71. The summed E-state index contributed by atoms with van der Waals surface area (Å²) >= 11 is 1.37. The fourth-order valence-electron chi connectivity index (χ4n) is 2.59. The Morgan fingerprint density at radius 3 is 3.00 bits per heavy atom. The number of nitrogens with one attached hydrogen (secondary N) is 1. The maximum absolute atomic E-state index is 11.5. The van der Waals surface area contributed by atoms with Gasteiger partial charge in [-0.05, 0) is 30.2 Å². The molecule has 7 heteroatoms. The lowest BCUT2D eigenvalue weighted by atomic mass is 9.99. The molecule has 3 rings (SSSR count). The third-order valence-electron chi connectivity index (χ3n) is 3.81. The van der Waals surface area contributed by atoms with Crippen LogP contribution in [-0.4, -0.2) is 23.8 Å². The summed E-state index contributed by atoms with van der Waals surface area (Å²) in [6.45, 7) is 2.13. The first-order valence-corrected chi connectivity index (χ1v) is 9.56. The van der Waals surface area contributed by atoms with Crippen molar-refractivity contribution < 1.29 is 9.53 Å². The number of aromatic nitrogens is 1. The molecule has 0 atom stereocenters. The average molecular weight is 390 g/mol. The molecule has 0 radical (unpaired) electrons. The van der Waals surface area contributed by atoms with E-state index in [4.69, 9.17) is 10.00 Å². The second kappa shape index (κ2) is 9.44. The zero-order chi connectivity index (χ0) is 19.8. The molecule has 140 valence electrons. The zero-order valence-electron chi connectivity index (χ0n) is 15.3. The largest absolute Gasteiger partial charge is 0.466 e. The summed E-state index contributed by atoms with van der Waals surface area (Å²) in [4.78, 5) is 15.8. The van der Waals surface area contributed by atoms with Gasteiger partial charge in [0.05, 0.1) is 36.6 Å². The Kier molecular flexibility index (Phi) is 6.50. The van der Waals surface area contributed by atoms with E-state index < -0.39 is 0 Å². The van der Waals surface area contributed by atoms with Crippen LogP contribution in [0.4, 0.5) is 5.13 Å². The number of anilines is 1. The van der Waals surface area contributed by atoms with Gasteiger partial charge in [-0.2, -0.15) is 10.4 Å².